The number of pyridine rings is 1. The maximum Gasteiger partial charge on any atom is 0.256 e. The van der Waals surface area contributed by atoms with Gasteiger partial charge in [-0.3, -0.25) is 14.2 Å². The van der Waals surface area contributed by atoms with Gasteiger partial charge in [-0.2, -0.15) is 0 Å². The summed E-state index contributed by atoms with van der Waals surface area (Å²) in [7, 11) is 0. The van der Waals surface area contributed by atoms with Crippen LogP contribution < -0.4 is 11.1 Å². The number of nitrogen functional groups attached to an aromatic ring is 1. The molecular weight excluding hydrogens is 408 g/mol. The lowest BCUT2D eigenvalue weighted by molar-refractivity contribution is 0.102. The molecule has 4 heterocycles. The van der Waals surface area contributed by atoms with Gasteiger partial charge in [0.2, 0.25) is 0 Å². The Bertz CT molecular complexity index is 1290. The summed E-state index contributed by atoms with van der Waals surface area (Å²) in [5, 5.41) is 7.43. The Morgan fingerprint density at radius 1 is 1.12 bits per heavy atom. The minimum Gasteiger partial charge on any atom is -0.382 e. The number of nitrogens with two attached hydrogens (primary N) is 1. The van der Waals surface area contributed by atoms with Gasteiger partial charge in [0.05, 0.1) is 5.29 Å². The van der Waals surface area contributed by atoms with E-state index in [4.69, 9.17) is 10.7 Å². The molecule has 10 heteroatoms. The lowest BCUT2D eigenvalue weighted by Crippen LogP contribution is -2.18. The maximum absolute atomic E-state index is 12.5. The molecular formula is C22H20N8O2. The zero-order valence-corrected chi connectivity index (χ0v) is 17.0. The number of nitrogens with zero attached hydrogens (tertiary/aromatic N) is 6. The highest BCUT2D eigenvalue weighted by molar-refractivity contribution is 6.04. The van der Waals surface area contributed by atoms with Crippen molar-refractivity contribution in [3.63, 3.8) is 0 Å². The molecule has 1 aliphatic heterocycles. The molecule has 1 amide bonds. The molecule has 0 radical (unpaired) electrons. The number of carbonyl (C=O) groups excluding carboxylic acids is 1. The van der Waals surface area contributed by atoms with Crippen molar-refractivity contribution in [3.8, 4) is 11.3 Å². The van der Waals surface area contributed by atoms with E-state index < -0.39 is 0 Å². The normalized spacial score (nSPS) is 15.8. The number of hydrogen-bond donors (Lipinski definition) is 2. The molecule has 1 aromatic carbocycles. The van der Waals surface area contributed by atoms with Crippen LogP contribution in [0.5, 0.6) is 0 Å². The standard InChI is InChI=1S/C22H20N8O2/c23-20-19-18(27-21(29(19)13-11-25-20)16-4-3-12-30(16)28-32)14-6-8-15(9-7-14)22(31)26-17-5-1-2-10-24-17/h1-2,5-11,13,16H,3-4,12H2,(H2,23,25)(H,24,26,31)/t16-/m1/s1. The van der Waals surface area contributed by atoms with Crippen LogP contribution in [0.2, 0.25) is 0 Å². The highest BCUT2D eigenvalue weighted by atomic mass is 16.3. The van der Waals surface area contributed by atoms with Gasteiger partial charge in [0, 0.05) is 36.3 Å². The van der Waals surface area contributed by atoms with Crippen LogP contribution >= 0.6 is 0 Å². The summed E-state index contributed by atoms with van der Waals surface area (Å²) in [6.07, 6.45) is 6.65. The number of rotatable bonds is 5. The number of amides is 1. The first-order valence-electron chi connectivity index (χ1n) is 10.2. The lowest BCUT2D eigenvalue weighted by atomic mass is 10.1. The summed E-state index contributed by atoms with van der Waals surface area (Å²) in [5.41, 5.74) is 8.76. The van der Waals surface area contributed by atoms with E-state index in [9.17, 15) is 9.70 Å². The molecule has 1 atom stereocenters. The predicted octanol–water partition coefficient (Wildman–Crippen LogP) is 3.44. The average Bonchev–Trinajstić information content (AvgIpc) is 3.45. The van der Waals surface area contributed by atoms with Crippen molar-refractivity contribution in [2.24, 2.45) is 5.29 Å². The molecule has 1 fully saturated rings. The highest BCUT2D eigenvalue weighted by Gasteiger charge is 2.31. The van der Waals surface area contributed by atoms with Gasteiger partial charge in [-0.15, -0.1) is 4.91 Å². The van der Waals surface area contributed by atoms with E-state index >= 15 is 0 Å². The van der Waals surface area contributed by atoms with Crippen molar-refractivity contribution in [3.05, 3.63) is 77.4 Å². The number of benzene rings is 1. The van der Waals surface area contributed by atoms with Gasteiger partial charge in [-0.05, 0) is 37.1 Å². The number of nitrogens with one attached hydrogen (secondary N) is 1. The van der Waals surface area contributed by atoms with Crippen LogP contribution in [-0.4, -0.2) is 36.8 Å². The number of nitroso groups, excluding NO2 is 1. The van der Waals surface area contributed by atoms with Crippen LogP contribution in [0, 0.1) is 4.91 Å². The zero-order chi connectivity index (χ0) is 22.1. The zero-order valence-electron chi connectivity index (χ0n) is 17.0. The van der Waals surface area contributed by atoms with Gasteiger partial charge in [-0.1, -0.05) is 18.2 Å². The molecule has 0 aliphatic carbocycles. The third kappa shape index (κ3) is 3.41. The molecule has 3 N–H and O–H groups in total. The molecule has 1 saturated heterocycles. The molecule has 0 spiro atoms. The molecule has 0 unspecified atom stereocenters. The maximum atomic E-state index is 12.5. The van der Waals surface area contributed by atoms with Crippen molar-refractivity contribution in [1.82, 2.24) is 24.4 Å². The molecule has 0 bridgehead atoms. The molecule has 4 aromatic rings. The van der Waals surface area contributed by atoms with Gasteiger partial charge >= 0.3 is 0 Å². The Hall–Kier alpha value is -4.34. The fourth-order valence-electron chi connectivity index (χ4n) is 4.04. The SMILES string of the molecule is Nc1nccn2c([C@H]3CCCN3N=O)nc(-c3ccc(C(=O)Nc4ccccn4)cc3)c12. The van der Waals surface area contributed by atoms with Crippen LogP contribution in [0.15, 0.2) is 66.3 Å². The van der Waals surface area contributed by atoms with E-state index in [1.54, 1.807) is 48.9 Å². The van der Waals surface area contributed by atoms with Crippen molar-refractivity contribution < 1.29 is 4.79 Å². The quantitative estimate of drug-likeness (QED) is 0.466. The minimum atomic E-state index is -0.259. The average molecular weight is 428 g/mol. The Balaban J connectivity index is 1.51. The van der Waals surface area contributed by atoms with Crippen LogP contribution in [0.1, 0.15) is 35.1 Å². The number of hydrogen-bond acceptors (Lipinski definition) is 7. The molecule has 10 nitrogen and oxygen atoms in total. The summed E-state index contributed by atoms with van der Waals surface area (Å²) in [5.74, 6) is 1.25. The molecule has 1 aliphatic rings. The summed E-state index contributed by atoms with van der Waals surface area (Å²) in [4.78, 5) is 36.9. The van der Waals surface area contributed by atoms with Gasteiger partial charge in [-0.25, -0.2) is 15.0 Å². The summed E-state index contributed by atoms with van der Waals surface area (Å²) < 4.78 is 1.87. The molecule has 0 saturated carbocycles. The van der Waals surface area contributed by atoms with Crippen LogP contribution in [-0.2, 0) is 0 Å². The minimum absolute atomic E-state index is 0.223. The van der Waals surface area contributed by atoms with Crippen molar-refractivity contribution >= 4 is 23.1 Å². The summed E-state index contributed by atoms with van der Waals surface area (Å²) in [6.45, 7) is 0.596. The second-order valence-electron chi connectivity index (χ2n) is 7.50. The van der Waals surface area contributed by atoms with E-state index in [0.717, 1.165) is 18.4 Å². The van der Waals surface area contributed by atoms with Gasteiger partial charge in [0.25, 0.3) is 5.91 Å². The van der Waals surface area contributed by atoms with Crippen molar-refractivity contribution in [1.29, 1.82) is 0 Å². The Morgan fingerprint density at radius 3 is 2.72 bits per heavy atom. The smallest absolute Gasteiger partial charge is 0.256 e. The van der Waals surface area contributed by atoms with Gasteiger partial charge in [0.15, 0.2) is 0 Å². The Kier molecular flexibility index (Phi) is 4.94. The first-order valence-corrected chi connectivity index (χ1v) is 10.2. The largest absolute Gasteiger partial charge is 0.382 e. The molecule has 5 rings (SSSR count). The monoisotopic (exact) mass is 428 g/mol. The number of aromatic nitrogens is 4. The summed E-state index contributed by atoms with van der Waals surface area (Å²) in [6, 6.07) is 12.2. The second-order valence-corrected chi connectivity index (χ2v) is 7.50. The van der Waals surface area contributed by atoms with E-state index in [0.29, 0.717) is 40.8 Å². The van der Waals surface area contributed by atoms with Gasteiger partial charge < -0.3 is 11.1 Å². The highest BCUT2D eigenvalue weighted by Crippen LogP contribution is 2.36. The van der Waals surface area contributed by atoms with Gasteiger partial charge in [0.1, 0.15) is 34.7 Å². The Morgan fingerprint density at radius 2 is 1.97 bits per heavy atom. The Labute approximate surface area is 183 Å². The first kappa shape index (κ1) is 19.6. The van der Waals surface area contributed by atoms with Crippen LogP contribution in [0.3, 0.4) is 0 Å². The van der Waals surface area contributed by atoms with E-state index in [1.807, 2.05) is 16.5 Å². The van der Waals surface area contributed by atoms with E-state index in [2.05, 4.69) is 20.6 Å². The third-order valence-electron chi connectivity index (χ3n) is 5.56. The fourth-order valence-corrected chi connectivity index (χ4v) is 4.04. The van der Waals surface area contributed by atoms with E-state index in [1.165, 1.54) is 5.01 Å². The van der Waals surface area contributed by atoms with Crippen LogP contribution in [0.25, 0.3) is 16.8 Å². The second kappa shape index (κ2) is 8.06. The number of imidazole rings is 1. The van der Waals surface area contributed by atoms with Crippen molar-refractivity contribution in [2.45, 2.75) is 18.9 Å². The topological polar surface area (TPSA) is 131 Å². The number of anilines is 2. The van der Waals surface area contributed by atoms with Crippen LogP contribution in [0.4, 0.5) is 11.6 Å². The first-order chi connectivity index (χ1) is 15.7. The van der Waals surface area contributed by atoms with Crippen molar-refractivity contribution in [2.75, 3.05) is 17.6 Å². The third-order valence-corrected chi connectivity index (χ3v) is 5.56. The predicted molar refractivity (Wildman–Crippen MR) is 120 cm³/mol. The van der Waals surface area contributed by atoms with E-state index in [-0.39, 0.29) is 11.9 Å². The number of carbonyl (C=O) groups is 1. The number of fused-ring (bicyclic) bond motifs is 1. The molecule has 160 valence electrons. The molecule has 32 heavy (non-hydrogen) atoms. The fraction of sp³-hybridized carbons (Fsp3) is 0.182. The summed E-state index contributed by atoms with van der Waals surface area (Å²) >= 11 is 0. The molecule has 3 aromatic heterocycles. The lowest BCUT2D eigenvalue weighted by Gasteiger charge is -2.16.